The molecule has 0 aliphatic carbocycles. The van der Waals surface area contributed by atoms with Crippen LogP contribution in [0.2, 0.25) is 0 Å². The highest BCUT2D eigenvalue weighted by Crippen LogP contribution is 2.34. The number of nitrogens with one attached hydrogen (secondary N) is 1. The number of benzene rings is 1. The number of hydrogen-bond acceptors (Lipinski definition) is 6. The number of aromatic nitrogens is 3. The number of aliphatic imine (C=N–C) groups is 1. The number of hydrogen-bond donors (Lipinski definition) is 2. The number of aliphatic hydroxyl groups is 1. The Morgan fingerprint density at radius 3 is 2.84 bits per heavy atom. The molecule has 7 nitrogen and oxygen atoms in total. The van der Waals surface area contributed by atoms with E-state index in [0.717, 1.165) is 51.2 Å². The third-order valence-electron chi connectivity index (χ3n) is 6.14. The Balaban J connectivity index is 1.72. The van der Waals surface area contributed by atoms with Crippen molar-refractivity contribution in [2.75, 3.05) is 24.7 Å². The maximum absolute atomic E-state index is 9.79. The number of aromatic amines is 1. The lowest BCUT2D eigenvalue weighted by molar-refractivity contribution is 0.0985. The van der Waals surface area contributed by atoms with Crippen LogP contribution in [0.3, 0.4) is 0 Å². The number of morpholine rings is 1. The Morgan fingerprint density at radius 1 is 1.23 bits per heavy atom. The van der Waals surface area contributed by atoms with Gasteiger partial charge in [-0.25, -0.2) is 9.97 Å². The van der Waals surface area contributed by atoms with E-state index >= 15 is 0 Å². The fourth-order valence-electron chi connectivity index (χ4n) is 4.52. The van der Waals surface area contributed by atoms with Crippen molar-refractivity contribution in [1.82, 2.24) is 15.0 Å². The number of H-pyrrole nitrogens is 1. The van der Waals surface area contributed by atoms with Crippen LogP contribution in [0.25, 0.3) is 27.9 Å². The van der Waals surface area contributed by atoms with Gasteiger partial charge in [-0.15, -0.1) is 0 Å². The van der Waals surface area contributed by atoms with Gasteiger partial charge in [0.25, 0.3) is 0 Å². The number of ether oxygens (including phenoxy) is 1. The third-order valence-corrected chi connectivity index (χ3v) is 6.14. The molecule has 7 heteroatoms. The zero-order valence-electron chi connectivity index (χ0n) is 18.1. The Labute approximate surface area is 181 Å². The Kier molecular flexibility index (Phi) is 5.08. The minimum atomic E-state index is -0.0376. The first-order valence-electron chi connectivity index (χ1n) is 10.7. The summed E-state index contributed by atoms with van der Waals surface area (Å²) in [7, 11) is 0. The van der Waals surface area contributed by atoms with Crippen LogP contribution in [-0.4, -0.2) is 58.1 Å². The molecular formula is C24H27N5O2. The fourth-order valence-corrected chi connectivity index (χ4v) is 4.52. The van der Waals surface area contributed by atoms with Crippen molar-refractivity contribution in [3.05, 3.63) is 47.3 Å². The predicted octanol–water partition coefficient (Wildman–Crippen LogP) is 3.59. The monoisotopic (exact) mass is 417 g/mol. The van der Waals surface area contributed by atoms with E-state index in [2.05, 4.69) is 41.7 Å². The molecule has 2 aromatic heterocycles. The molecule has 1 aromatic carbocycles. The molecule has 0 amide bonds. The van der Waals surface area contributed by atoms with E-state index in [1.165, 1.54) is 0 Å². The lowest BCUT2D eigenvalue weighted by Gasteiger charge is -2.34. The maximum Gasteiger partial charge on any atom is 0.162 e. The van der Waals surface area contributed by atoms with Crippen LogP contribution in [0.15, 0.2) is 41.0 Å². The molecule has 0 saturated carbocycles. The van der Waals surface area contributed by atoms with Gasteiger partial charge >= 0.3 is 0 Å². The zero-order valence-corrected chi connectivity index (χ0v) is 18.1. The lowest BCUT2D eigenvalue weighted by Crippen LogP contribution is -2.44. The van der Waals surface area contributed by atoms with Gasteiger partial charge < -0.3 is 19.7 Å². The van der Waals surface area contributed by atoms with Crippen LogP contribution in [0, 0.1) is 0 Å². The summed E-state index contributed by atoms with van der Waals surface area (Å²) >= 11 is 0. The van der Waals surface area contributed by atoms with E-state index in [1.807, 2.05) is 30.6 Å². The average Bonchev–Trinajstić information content (AvgIpc) is 3.38. The van der Waals surface area contributed by atoms with Crippen molar-refractivity contribution >= 4 is 28.5 Å². The second-order valence-corrected chi connectivity index (χ2v) is 8.34. The number of fused-ring (bicyclic) bond motifs is 1. The van der Waals surface area contributed by atoms with Crippen LogP contribution < -0.4 is 4.90 Å². The highest BCUT2D eigenvalue weighted by molar-refractivity contribution is 5.97. The first kappa shape index (κ1) is 19.9. The van der Waals surface area contributed by atoms with Crippen molar-refractivity contribution < 1.29 is 9.84 Å². The van der Waals surface area contributed by atoms with E-state index < -0.39 is 0 Å². The van der Waals surface area contributed by atoms with E-state index in [4.69, 9.17) is 14.7 Å². The van der Waals surface area contributed by atoms with Crippen molar-refractivity contribution in [1.29, 1.82) is 0 Å². The molecule has 0 bridgehead atoms. The summed E-state index contributed by atoms with van der Waals surface area (Å²) in [6, 6.07) is 8.36. The molecular weight excluding hydrogens is 390 g/mol. The Hall–Kier alpha value is -3.03. The summed E-state index contributed by atoms with van der Waals surface area (Å²) in [5.41, 5.74) is 5.87. The van der Waals surface area contributed by atoms with E-state index in [0.29, 0.717) is 19.0 Å². The molecule has 160 valence electrons. The molecule has 4 heterocycles. The number of aliphatic hydroxyl groups excluding tert-OH is 1. The van der Waals surface area contributed by atoms with Gasteiger partial charge in [0, 0.05) is 47.1 Å². The van der Waals surface area contributed by atoms with Crippen LogP contribution in [0.5, 0.6) is 0 Å². The van der Waals surface area contributed by atoms with Gasteiger partial charge in [-0.05, 0) is 50.1 Å². The topological polar surface area (TPSA) is 86.6 Å². The largest absolute Gasteiger partial charge is 0.392 e. The highest BCUT2D eigenvalue weighted by atomic mass is 16.5. The molecule has 2 aliphatic heterocycles. The van der Waals surface area contributed by atoms with E-state index in [-0.39, 0.29) is 18.7 Å². The standard InChI is InChI=1S/C24H27N5O2/c1-14-11-26-16(3)23(14)21-10-22(29-6-7-31-13-15(29)2)28-24(27-21)19-8-17(12-30)9-20-18(19)4-5-25-20/h4-5,8-11,15-16,25,30H,6-7,12-13H2,1-3H3. The van der Waals surface area contributed by atoms with Gasteiger partial charge in [0.15, 0.2) is 5.82 Å². The molecule has 2 unspecified atom stereocenters. The highest BCUT2D eigenvalue weighted by Gasteiger charge is 2.25. The molecule has 0 spiro atoms. The molecule has 2 N–H and O–H groups in total. The first-order valence-corrected chi connectivity index (χ1v) is 10.7. The summed E-state index contributed by atoms with van der Waals surface area (Å²) < 4.78 is 5.64. The second kappa shape index (κ2) is 7.90. The van der Waals surface area contributed by atoms with Gasteiger partial charge in [-0.2, -0.15) is 0 Å². The van der Waals surface area contributed by atoms with Crippen molar-refractivity contribution in [3.63, 3.8) is 0 Å². The molecule has 1 fully saturated rings. The molecule has 31 heavy (non-hydrogen) atoms. The quantitative estimate of drug-likeness (QED) is 0.678. The lowest BCUT2D eigenvalue weighted by atomic mass is 10.0. The average molecular weight is 418 g/mol. The number of anilines is 1. The molecule has 2 aliphatic rings. The number of nitrogens with zero attached hydrogens (tertiary/aromatic N) is 4. The van der Waals surface area contributed by atoms with Gasteiger partial charge in [0.05, 0.1) is 37.6 Å². The molecule has 1 saturated heterocycles. The van der Waals surface area contributed by atoms with Gasteiger partial charge in [0.2, 0.25) is 0 Å². The smallest absolute Gasteiger partial charge is 0.162 e. The van der Waals surface area contributed by atoms with Crippen molar-refractivity contribution in [3.8, 4) is 11.4 Å². The number of allylic oxidation sites excluding steroid dienone is 1. The summed E-state index contributed by atoms with van der Waals surface area (Å²) in [4.78, 5) is 20.1. The van der Waals surface area contributed by atoms with Gasteiger partial charge in [-0.3, -0.25) is 4.99 Å². The summed E-state index contributed by atoms with van der Waals surface area (Å²) in [5, 5.41) is 10.8. The van der Waals surface area contributed by atoms with Crippen LogP contribution in [0.4, 0.5) is 5.82 Å². The Bertz CT molecular complexity index is 1200. The molecule has 2 atom stereocenters. The predicted molar refractivity (Wildman–Crippen MR) is 123 cm³/mol. The minimum Gasteiger partial charge on any atom is -0.392 e. The molecule has 0 radical (unpaired) electrons. The van der Waals surface area contributed by atoms with Crippen LogP contribution in [-0.2, 0) is 11.3 Å². The first-order chi connectivity index (χ1) is 15.0. The zero-order chi connectivity index (χ0) is 21.5. The van der Waals surface area contributed by atoms with Crippen LogP contribution in [0.1, 0.15) is 32.0 Å². The second-order valence-electron chi connectivity index (χ2n) is 8.34. The SMILES string of the molecule is CC1=C(c2cc(N3CCOCC3C)nc(-c3cc(CO)cc4[nH]ccc34)n2)C(C)N=C1. The van der Waals surface area contributed by atoms with Gasteiger partial charge in [-0.1, -0.05) is 0 Å². The van der Waals surface area contributed by atoms with Crippen LogP contribution >= 0.6 is 0 Å². The summed E-state index contributed by atoms with van der Waals surface area (Å²) in [6.07, 6.45) is 3.83. The van der Waals surface area contributed by atoms with Crippen molar-refractivity contribution in [2.45, 2.75) is 39.5 Å². The van der Waals surface area contributed by atoms with Crippen molar-refractivity contribution in [2.24, 2.45) is 4.99 Å². The Morgan fingerprint density at radius 2 is 2.10 bits per heavy atom. The molecule has 3 aromatic rings. The maximum atomic E-state index is 9.79. The fraction of sp³-hybridized carbons (Fsp3) is 0.375. The normalized spacial score (nSPS) is 21.5. The number of rotatable bonds is 4. The minimum absolute atomic E-state index is 0.0376. The van der Waals surface area contributed by atoms with E-state index in [1.54, 1.807) is 0 Å². The van der Waals surface area contributed by atoms with E-state index in [9.17, 15) is 5.11 Å². The summed E-state index contributed by atoms with van der Waals surface area (Å²) in [5.74, 6) is 1.55. The molecule has 5 rings (SSSR count). The van der Waals surface area contributed by atoms with Gasteiger partial charge in [0.1, 0.15) is 5.82 Å². The summed E-state index contributed by atoms with van der Waals surface area (Å²) in [6.45, 7) is 8.45. The third kappa shape index (κ3) is 3.54.